The summed E-state index contributed by atoms with van der Waals surface area (Å²) in [6.07, 6.45) is 3.43. The number of amides is 1. The molecule has 0 atom stereocenters. The lowest BCUT2D eigenvalue weighted by Gasteiger charge is -2.14. The highest BCUT2D eigenvalue weighted by Crippen LogP contribution is 2.33. The maximum atomic E-state index is 13.0. The predicted octanol–water partition coefficient (Wildman–Crippen LogP) is 4.26. The fourth-order valence-electron chi connectivity index (χ4n) is 3.83. The van der Waals surface area contributed by atoms with Gasteiger partial charge in [0, 0.05) is 29.3 Å². The van der Waals surface area contributed by atoms with Crippen LogP contribution in [-0.4, -0.2) is 35.0 Å². The molecule has 3 rings (SSSR count). The topological polar surface area (TPSA) is 51.5 Å². The molecule has 0 spiro atoms. The van der Waals surface area contributed by atoms with Crippen LogP contribution < -0.4 is 0 Å². The monoisotopic (exact) mass is 390 g/mol. The van der Waals surface area contributed by atoms with Crippen LogP contribution >= 0.6 is 0 Å². The van der Waals surface area contributed by atoms with E-state index < -0.39 is 5.97 Å². The Hall–Kier alpha value is -3.34. The first kappa shape index (κ1) is 20.4. The molecule has 1 aliphatic rings. The molecule has 5 heteroatoms. The Morgan fingerprint density at radius 2 is 1.90 bits per heavy atom. The average molecular weight is 390 g/mol. The van der Waals surface area contributed by atoms with E-state index >= 15 is 0 Å². The number of rotatable bonds is 5. The zero-order chi connectivity index (χ0) is 21.3. The highest BCUT2D eigenvalue weighted by atomic mass is 16.5. The molecule has 1 aliphatic heterocycles. The molecule has 0 saturated carbocycles. The van der Waals surface area contributed by atoms with Gasteiger partial charge in [0.2, 0.25) is 0 Å². The van der Waals surface area contributed by atoms with Gasteiger partial charge in [-0.1, -0.05) is 18.2 Å². The number of allylic oxidation sites excluding steroid dienone is 1. The molecule has 1 aromatic heterocycles. The van der Waals surface area contributed by atoms with Crippen molar-refractivity contribution in [3.63, 3.8) is 0 Å². The lowest BCUT2D eigenvalue weighted by molar-refractivity contribution is -0.136. The van der Waals surface area contributed by atoms with Crippen LogP contribution in [-0.2, 0) is 14.3 Å². The normalized spacial score (nSPS) is 15.4. The summed E-state index contributed by atoms with van der Waals surface area (Å²) in [7, 11) is 1.32. The van der Waals surface area contributed by atoms with Gasteiger partial charge in [0.05, 0.1) is 18.3 Å². The Morgan fingerprint density at radius 3 is 2.52 bits per heavy atom. The van der Waals surface area contributed by atoms with Crippen molar-refractivity contribution >= 4 is 18.0 Å². The third-order valence-electron chi connectivity index (χ3n) is 5.24. The zero-order valence-corrected chi connectivity index (χ0v) is 17.6. The Kier molecular flexibility index (Phi) is 5.59. The molecule has 2 aromatic rings. The quantitative estimate of drug-likeness (QED) is 0.435. The highest BCUT2D eigenvalue weighted by Gasteiger charge is 2.36. The van der Waals surface area contributed by atoms with Crippen LogP contribution in [0.4, 0.5) is 0 Å². The Balaban J connectivity index is 2.14. The van der Waals surface area contributed by atoms with Crippen molar-refractivity contribution in [3.8, 4) is 5.69 Å². The number of benzene rings is 1. The van der Waals surface area contributed by atoms with E-state index in [4.69, 9.17) is 4.74 Å². The molecule has 0 N–H and O–H groups in total. The van der Waals surface area contributed by atoms with Gasteiger partial charge in [-0.05, 0) is 63.1 Å². The summed E-state index contributed by atoms with van der Waals surface area (Å²) in [4.78, 5) is 27.0. The first-order valence-electron chi connectivity index (χ1n) is 9.50. The maximum Gasteiger partial charge on any atom is 0.340 e. The van der Waals surface area contributed by atoms with Gasteiger partial charge in [-0.15, -0.1) is 6.58 Å². The van der Waals surface area contributed by atoms with Crippen LogP contribution in [0.2, 0.25) is 0 Å². The van der Waals surface area contributed by atoms with Gasteiger partial charge in [-0.25, -0.2) is 4.79 Å². The minimum absolute atomic E-state index is 0.219. The van der Waals surface area contributed by atoms with E-state index in [0.717, 1.165) is 22.6 Å². The van der Waals surface area contributed by atoms with Gasteiger partial charge in [0.25, 0.3) is 5.91 Å². The number of methoxy groups -OCH3 is 1. The SMILES string of the molecule is C=CCN1C(=O)/C(=C\c2cc(C)n(-c3cccc(C)c3)c2C)C(C(=O)OC)=C1C. The fraction of sp³-hybridized carbons (Fsp3) is 0.250. The minimum atomic E-state index is -0.513. The van der Waals surface area contributed by atoms with Gasteiger partial charge >= 0.3 is 5.97 Å². The molecular formula is C24H26N2O3. The predicted molar refractivity (Wildman–Crippen MR) is 115 cm³/mol. The van der Waals surface area contributed by atoms with Gasteiger partial charge in [-0.3, -0.25) is 4.79 Å². The highest BCUT2D eigenvalue weighted by molar-refractivity contribution is 6.16. The summed E-state index contributed by atoms with van der Waals surface area (Å²) in [6, 6.07) is 10.3. The van der Waals surface area contributed by atoms with E-state index in [1.54, 1.807) is 24.0 Å². The van der Waals surface area contributed by atoms with Crippen molar-refractivity contribution in [1.82, 2.24) is 9.47 Å². The molecule has 0 bridgehead atoms. The van der Waals surface area contributed by atoms with E-state index in [0.29, 0.717) is 23.4 Å². The molecule has 0 unspecified atom stereocenters. The number of carbonyl (C=O) groups is 2. The van der Waals surface area contributed by atoms with Crippen LogP contribution in [0, 0.1) is 20.8 Å². The molecule has 1 aromatic carbocycles. The second-order valence-electron chi connectivity index (χ2n) is 7.22. The number of aryl methyl sites for hydroxylation is 2. The number of ether oxygens (including phenoxy) is 1. The third kappa shape index (κ3) is 3.56. The van der Waals surface area contributed by atoms with E-state index in [1.807, 2.05) is 26.0 Å². The van der Waals surface area contributed by atoms with E-state index in [9.17, 15) is 9.59 Å². The summed E-state index contributed by atoms with van der Waals surface area (Å²) in [5.41, 5.74) is 6.41. The van der Waals surface area contributed by atoms with E-state index in [2.05, 4.69) is 36.3 Å². The summed E-state index contributed by atoms with van der Waals surface area (Å²) in [6.45, 7) is 11.9. The first-order valence-corrected chi connectivity index (χ1v) is 9.50. The second kappa shape index (κ2) is 7.95. The van der Waals surface area contributed by atoms with Crippen molar-refractivity contribution < 1.29 is 14.3 Å². The number of nitrogens with zero attached hydrogens (tertiary/aromatic N) is 2. The molecule has 5 nitrogen and oxygen atoms in total. The molecule has 0 aliphatic carbocycles. The van der Waals surface area contributed by atoms with Crippen LogP contribution in [0.3, 0.4) is 0 Å². The number of hydrogen-bond donors (Lipinski definition) is 0. The zero-order valence-electron chi connectivity index (χ0n) is 17.6. The summed E-state index contributed by atoms with van der Waals surface area (Å²) >= 11 is 0. The minimum Gasteiger partial charge on any atom is -0.465 e. The van der Waals surface area contributed by atoms with Gasteiger partial charge in [-0.2, -0.15) is 0 Å². The summed E-state index contributed by atoms with van der Waals surface area (Å²) in [5, 5.41) is 0. The Bertz CT molecular complexity index is 1070. The molecule has 150 valence electrons. The maximum absolute atomic E-state index is 13.0. The van der Waals surface area contributed by atoms with Gasteiger partial charge < -0.3 is 14.2 Å². The van der Waals surface area contributed by atoms with E-state index in [1.165, 1.54) is 12.7 Å². The van der Waals surface area contributed by atoms with Crippen LogP contribution in [0.1, 0.15) is 29.4 Å². The molecular weight excluding hydrogens is 364 g/mol. The smallest absolute Gasteiger partial charge is 0.340 e. The van der Waals surface area contributed by atoms with Crippen molar-refractivity contribution in [3.05, 3.63) is 82.3 Å². The first-order chi connectivity index (χ1) is 13.8. The van der Waals surface area contributed by atoms with Crippen molar-refractivity contribution in [1.29, 1.82) is 0 Å². The standard InChI is InChI=1S/C24H26N2O3/c1-7-11-25-18(5)22(24(28)29-6)21(23(25)27)14-19-13-16(3)26(17(19)4)20-10-8-9-15(2)12-20/h7-10,12-14H,1,11H2,2-6H3/b21-14-. The molecule has 0 radical (unpaired) electrons. The fourth-order valence-corrected chi connectivity index (χ4v) is 3.83. The number of aromatic nitrogens is 1. The van der Waals surface area contributed by atoms with Gasteiger partial charge in [0.1, 0.15) is 0 Å². The Morgan fingerprint density at radius 1 is 1.17 bits per heavy atom. The van der Waals surface area contributed by atoms with Gasteiger partial charge in [0.15, 0.2) is 0 Å². The largest absolute Gasteiger partial charge is 0.465 e. The molecule has 1 amide bonds. The van der Waals surface area contributed by atoms with E-state index in [-0.39, 0.29) is 5.91 Å². The second-order valence-corrected chi connectivity index (χ2v) is 7.22. The number of hydrogen-bond acceptors (Lipinski definition) is 3. The summed E-state index contributed by atoms with van der Waals surface area (Å²) in [5.74, 6) is -0.732. The third-order valence-corrected chi connectivity index (χ3v) is 5.24. The lowest BCUT2D eigenvalue weighted by Crippen LogP contribution is -2.25. The average Bonchev–Trinajstić information content (AvgIpc) is 3.09. The summed E-state index contributed by atoms with van der Waals surface area (Å²) < 4.78 is 7.09. The molecule has 2 heterocycles. The number of carbonyl (C=O) groups excluding carboxylic acids is 2. The van der Waals surface area contributed by atoms with Crippen molar-refractivity contribution in [2.24, 2.45) is 0 Å². The Labute approximate surface area is 171 Å². The molecule has 0 saturated heterocycles. The number of esters is 1. The molecule has 29 heavy (non-hydrogen) atoms. The van der Waals surface area contributed by atoms with Crippen LogP contribution in [0.5, 0.6) is 0 Å². The van der Waals surface area contributed by atoms with Crippen molar-refractivity contribution in [2.75, 3.05) is 13.7 Å². The molecule has 0 fully saturated rings. The lowest BCUT2D eigenvalue weighted by atomic mass is 10.0. The van der Waals surface area contributed by atoms with Crippen LogP contribution in [0.15, 0.2) is 59.8 Å². The van der Waals surface area contributed by atoms with Crippen molar-refractivity contribution in [2.45, 2.75) is 27.7 Å². The van der Waals surface area contributed by atoms with Crippen LogP contribution in [0.25, 0.3) is 11.8 Å².